The fourth-order valence-corrected chi connectivity index (χ4v) is 5.75. The van der Waals surface area contributed by atoms with Crippen LogP contribution in [0.3, 0.4) is 0 Å². The van der Waals surface area contributed by atoms with Gasteiger partial charge in [-0.25, -0.2) is 0 Å². The Hall–Kier alpha value is -1.63. The first kappa shape index (κ1) is 21.6. The van der Waals surface area contributed by atoms with Gasteiger partial charge in [0.15, 0.2) is 0 Å². The molecule has 0 aromatic heterocycles. The summed E-state index contributed by atoms with van der Waals surface area (Å²) in [7, 11) is 3.71. The number of methoxy groups -OCH3 is 1. The van der Waals surface area contributed by atoms with E-state index in [0.717, 1.165) is 58.3 Å². The Morgan fingerprint density at radius 1 is 1.07 bits per heavy atom. The van der Waals surface area contributed by atoms with Crippen LogP contribution in [0.4, 0.5) is 0 Å². The van der Waals surface area contributed by atoms with Gasteiger partial charge >= 0.3 is 0 Å². The van der Waals surface area contributed by atoms with Gasteiger partial charge in [0, 0.05) is 49.9 Å². The molecule has 0 bridgehead atoms. The van der Waals surface area contributed by atoms with E-state index >= 15 is 0 Å². The molecule has 1 aromatic carbocycles. The van der Waals surface area contributed by atoms with Crippen molar-refractivity contribution in [3.63, 3.8) is 0 Å². The average molecular weight is 434 g/mol. The average Bonchev–Trinajstić information content (AvgIpc) is 2.96. The largest absolute Gasteiger partial charge is 0.383 e. The highest BCUT2D eigenvalue weighted by Gasteiger charge is 2.58. The van der Waals surface area contributed by atoms with Crippen LogP contribution in [-0.4, -0.2) is 85.5 Å². The fourth-order valence-electron chi connectivity index (χ4n) is 5.62. The zero-order valence-electron chi connectivity index (χ0n) is 18.0. The van der Waals surface area contributed by atoms with Crippen molar-refractivity contribution in [3.05, 3.63) is 34.9 Å². The zero-order chi connectivity index (χ0) is 21.4. The number of carbonyl (C=O) groups excluding carboxylic acids is 2. The van der Waals surface area contributed by atoms with Gasteiger partial charge in [-0.3, -0.25) is 9.59 Å². The molecule has 6 nitrogen and oxygen atoms in total. The molecule has 164 valence electrons. The van der Waals surface area contributed by atoms with Gasteiger partial charge in [0.05, 0.1) is 12.0 Å². The van der Waals surface area contributed by atoms with Crippen molar-refractivity contribution in [2.45, 2.75) is 37.6 Å². The van der Waals surface area contributed by atoms with Crippen LogP contribution < -0.4 is 0 Å². The van der Waals surface area contributed by atoms with Crippen LogP contribution in [-0.2, 0) is 9.53 Å². The van der Waals surface area contributed by atoms with E-state index in [2.05, 4.69) is 4.90 Å². The maximum atomic E-state index is 13.3. The second kappa shape index (κ2) is 8.48. The highest BCUT2D eigenvalue weighted by Crippen LogP contribution is 2.52. The molecule has 7 heteroatoms. The third-order valence-electron chi connectivity index (χ3n) is 7.63. The van der Waals surface area contributed by atoms with Crippen molar-refractivity contribution in [1.82, 2.24) is 14.7 Å². The molecule has 3 fully saturated rings. The lowest BCUT2D eigenvalue weighted by Gasteiger charge is -2.44. The molecule has 0 radical (unpaired) electrons. The topological polar surface area (TPSA) is 53.1 Å². The smallest absolute Gasteiger partial charge is 0.253 e. The summed E-state index contributed by atoms with van der Waals surface area (Å²) in [4.78, 5) is 32.6. The molecule has 1 aromatic rings. The first-order valence-corrected chi connectivity index (χ1v) is 11.3. The number of ether oxygens (including phenoxy) is 1. The quantitative estimate of drug-likeness (QED) is 0.732. The van der Waals surface area contributed by atoms with Crippen molar-refractivity contribution < 1.29 is 14.3 Å². The highest BCUT2D eigenvalue weighted by molar-refractivity contribution is 6.30. The van der Waals surface area contributed by atoms with E-state index in [-0.39, 0.29) is 16.9 Å². The van der Waals surface area contributed by atoms with Crippen molar-refractivity contribution in [2.24, 2.45) is 5.41 Å². The second-order valence-corrected chi connectivity index (χ2v) is 9.62. The molecule has 2 amide bonds. The number of hydrogen-bond acceptors (Lipinski definition) is 4. The summed E-state index contributed by atoms with van der Waals surface area (Å²) in [5.41, 5.74) is 0.342. The lowest BCUT2D eigenvalue weighted by molar-refractivity contribution is -0.139. The van der Waals surface area contributed by atoms with Crippen LogP contribution in [0.2, 0.25) is 5.02 Å². The van der Waals surface area contributed by atoms with Crippen molar-refractivity contribution in [2.75, 3.05) is 53.5 Å². The summed E-state index contributed by atoms with van der Waals surface area (Å²) in [6, 6.07) is 7.08. The minimum absolute atomic E-state index is 0.0506. The van der Waals surface area contributed by atoms with E-state index in [1.807, 2.05) is 16.8 Å². The Kier molecular flexibility index (Phi) is 6.11. The van der Waals surface area contributed by atoms with Crippen molar-refractivity contribution in [1.29, 1.82) is 0 Å². The lowest BCUT2D eigenvalue weighted by Crippen LogP contribution is -2.52. The third kappa shape index (κ3) is 3.85. The van der Waals surface area contributed by atoms with Gasteiger partial charge in [0.25, 0.3) is 5.91 Å². The van der Waals surface area contributed by atoms with Gasteiger partial charge in [0.1, 0.15) is 0 Å². The van der Waals surface area contributed by atoms with Crippen molar-refractivity contribution in [3.8, 4) is 0 Å². The standard InChI is InChI=1S/C23H32ClN3O3/c1-25-21(29)22(7-11-26(12-8-22)15-16-30-2)17-23(25)9-13-27(14-10-23)20(28)18-3-5-19(24)6-4-18/h3-6H,7-17H2,1-2H3. The Bertz CT molecular complexity index is 781. The molecule has 0 saturated carbocycles. The molecule has 3 aliphatic heterocycles. The molecule has 0 atom stereocenters. The number of nitrogens with zero attached hydrogens (tertiary/aromatic N) is 3. The number of likely N-dealkylation sites (tertiary alicyclic amines) is 3. The van der Waals surface area contributed by atoms with Crippen LogP contribution in [0.25, 0.3) is 0 Å². The molecule has 3 saturated heterocycles. The molecular formula is C23H32ClN3O3. The molecule has 3 aliphatic rings. The Balaban J connectivity index is 1.40. The van der Waals surface area contributed by atoms with E-state index in [9.17, 15) is 9.59 Å². The van der Waals surface area contributed by atoms with Crippen molar-refractivity contribution >= 4 is 23.4 Å². The Morgan fingerprint density at radius 3 is 2.30 bits per heavy atom. The number of benzene rings is 1. The SMILES string of the molecule is COCCN1CCC2(CC1)CC1(CCN(C(=O)c3ccc(Cl)cc3)CC1)N(C)C2=O. The van der Waals surface area contributed by atoms with Crippen LogP contribution >= 0.6 is 11.6 Å². The molecule has 0 N–H and O–H groups in total. The summed E-state index contributed by atoms with van der Waals surface area (Å²) in [5, 5.41) is 0.633. The molecule has 2 spiro atoms. The normalized spacial score (nSPS) is 23.5. The summed E-state index contributed by atoms with van der Waals surface area (Å²) in [5.74, 6) is 0.362. The minimum Gasteiger partial charge on any atom is -0.383 e. The number of carbonyl (C=O) groups is 2. The van der Waals surface area contributed by atoms with E-state index < -0.39 is 0 Å². The number of rotatable bonds is 4. The maximum absolute atomic E-state index is 13.3. The van der Waals surface area contributed by atoms with E-state index in [4.69, 9.17) is 16.3 Å². The van der Waals surface area contributed by atoms with Gasteiger partial charge in [-0.05, 0) is 69.5 Å². The molecule has 4 rings (SSSR count). The second-order valence-electron chi connectivity index (χ2n) is 9.18. The first-order chi connectivity index (χ1) is 14.4. The van der Waals surface area contributed by atoms with Gasteiger partial charge in [-0.15, -0.1) is 0 Å². The molecular weight excluding hydrogens is 402 g/mol. The monoisotopic (exact) mass is 433 g/mol. The van der Waals surface area contributed by atoms with Gasteiger partial charge in [-0.2, -0.15) is 0 Å². The van der Waals surface area contributed by atoms with Crippen LogP contribution in [0.5, 0.6) is 0 Å². The van der Waals surface area contributed by atoms with Gasteiger partial charge in [0.2, 0.25) is 5.91 Å². The predicted octanol–water partition coefficient (Wildman–Crippen LogP) is 2.91. The molecule has 0 unspecified atom stereocenters. The number of amides is 2. The predicted molar refractivity (Wildman–Crippen MR) is 117 cm³/mol. The number of hydrogen-bond donors (Lipinski definition) is 0. The summed E-state index contributed by atoms with van der Waals surface area (Å²) in [6.45, 7) is 4.97. The summed E-state index contributed by atoms with van der Waals surface area (Å²) >= 11 is 5.95. The Morgan fingerprint density at radius 2 is 1.70 bits per heavy atom. The van der Waals surface area contributed by atoms with E-state index in [0.29, 0.717) is 29.6 Å². The van der Waals surface area contributed by atoms with Crippen LogP contribution in [0.1, 0.15) is 42.5 Å². The minimum atomic E-state index is -0.222. The van der Waals surface area contributed by atoms with Gasteiger partial charge in [-0.1, -0.05) is 11.6 Å². The number of halogens is 1. The van der Waals surface area contributed by atoms with E-state index in [1.165, 1.54) is 0 Å². The summed E-state index contributed by atoms with van der Waals surface area (Å²) in [6.07, 6.45) is 4.48. The molecule has 30 heavy (non-hydrogen) atoms. The summed E-state index contributed by atoms with van der Waals surface area (Å²) < 4.78 is 5.20. The Labute approximate surface area is 184 Å². The fraction of sp³-hybridized carbons (Fsp3) is 0.652. The maximum Gasteiger partial charge on any atom is 0.253 e. The third-order valence-corrected chi connectivity index (χ3v) is 7.89. The number of piperidine rings is 2. The molecule has 0 aliphatic carbocycles. The van der Waals surface area contributed by atoms with Crippen LogP contribution in [0, 0.1) is 5.41 Å². The lowest BCUT2D eigenvalue weighted by atomic mass is 9.71. The van der Waals surface area contributed by atoms with Crippen LogP contribution in [0.15, 0.2) is 24.3 Å². The first-order valence-electron chi connectivity index (χ1n) is 10.9. The zero-order valence-corrected chi connectivity index (χ0v) is 18.8. The van der Waals surface area contributed by atoms with E-state index in [1.54, 1.807) is 31.4 Å². The molecule has 3 heterocycles. The van der Waals surface area contributed by atoms with Gasteiger partial charge < -0.3 is 19.4 Å². The highest BCUT2D eigenvalue weighted by atomic mass is 35.5.